The predicted molar refractivity (Wildman–Crippen MR) is 55.5 cm³/mol. The van der Waals surface area contributed by atoms with Crippen molar-refractivity contribution in [1.82, 2.24) is 0 Å². The number of allylic oxidation sites excluding steroid dienone is 4. The van der Waals surface area contributed by atoms with E-state index < -0.39 is 0 Å². The van der Waals surface area contributed by atoms with Crippen LogP contribution in [-0.2, 0) is 26.5 Å². The van der Waals surface area contributed by atoms with E-state index >= 15 is 0 Å². The SMILES string of the molecule is CCCCOCCCC1=[C-]CC=C1.[Cl-].[Cl-].[Ti+3]. The molecule has 0 amide bonds. The van der Waals surface area contributed by atoms with E-state index in [9.17, 15) is 0 Å². The molecule has 1 nitrogen and oxygen atoms in total. The van der Waals surface area contributed by atoms with E-state index in [0.717, 1.165) is 32.5 Å². The Balaban J connectivity index is -0.000000563. The monoisotopic (exact) mass is 297 g/mol. The summed E-state index contributed by atoms with van der Waals surface area (Å²) in [4.78, 5) is 0. The molecule has 1 radical (unpaired) electrons. The molecule has 0 aromatic carbocycles. The van der Waals surface area contributed by atoms with Crippen LogP contribution in [0.3, 0.4) is 0 Å². The van der Waals surface area contributed by atoms with Crippen molar-refractivity contribution in [3.05, 3.63) is 23.8 Å². The summed E-state index contributed by atoms with van der Waals surface area (Å²) < 4.78 is 5.47. The van der Waals surface area contributed by atoms with Crippen LogP contribution in [0.4, 0.5) is 0 Å². The maximum atomic E-state index is 5.47. The van der Waals surface area contributed by atoms with Gasteiger partial charge in [-0.25, -0.2) is 11.6 Å². The van der Waals surface area contributed by atoms with Crippen LogP contribution in [0.15, 0.2) is 17.7 Å². The van der Waals surface area contributed by atoms with E-state index in [1.807, 2.05) is 0 Å². The first-order valence-corrected chi connectivity index (χ1v) is 5.27. The fourth-order valence-electron chi connectivity index (χ4n) is 1.33. The minimum absolute atomic E-state index is 0. The molecule has 16 heavy (non-hydrogen) atoms. The van der Waals surface area contributed by atoms with Gasteiger partial charge in [-0.1, -0.05) is 19.8 Å². The first-order chi connectivity index (χ1) is 6.43. The van der Waals surface area contributed by atoms with Gasteiger partial charge >= 0.3 is 21.7 Å². The van der Waals surface area contributed by atoms with Gasteiger partial charge < -0.3 is 29.6 Å². The summed E-state index contributed by atoms with van der Waals surface area (Å²) in [6.07, 6.45) is 13.3. The van der Waals surface area contributed by atoms with Crippen molar-refractivity contribution in [2.75, 3.05) is 13.2 Å². The van der Waals surface area contributed by atoms with Crippen LogP contribution >= 0.6 is 0 Å². The van der Waals surface area contributed by atoms with Crippen LogP contribution in [-0.4, -0.2) is 13.2 Å². The molecule has 0 spiro atoms. The molecule has 0 saturated heterocycles. The zero-order valence-electron chi connectivity index (χ0n) is 9.77. The molecular weight excluding hydrogens is 279 g/mol. The van der Waals surface area contributed by atoms with Crippen molar-refractivity contribution in [3.63, 3.8) is 0 Å². The van der Waals surface area contributed by atoms with Gasteiger partial charge in [-0.2, -0.15) is 6.08 Å². The molecular formula is C12H19Cl2OTi. The molecule has 0 aromatic heterocycles. The summed E-state index contributed by atoms with van der Waals surface area (Å²) in [5.74, 6) is 0. The van der Waals surface area contributed by atoms with E-state index in [1.54, 1.807) is 0 Å². The maximum absolute atomic E-state index is 5.47. The molecule has 1 aliphatic rings. The molecule has 0 fully saturated rings. The van der Waals surface area contributed by atoms with Gasteiger partial charge in [0.05, 0.1) is 0 Å². The number of hydrogen-bond acceptors (Lipinski definition) is 1. The third-order valence-corrected chi connectivity index (χ3v) is 2.14. The quantitative estimate of drug-likeness (QED) is 0.282. The summed E-state index contributed by atoms with van der Waals surface area (Å²) >= 11 is 0. The van der Waals surface area contributed by atoms with Crippen molar-refractivity contribution in [1.29, 1.82) is 0 Å². The fraction of sp³-hybridized carbons (Fsp3) is 0.667. The first-order valence-electron chi connectivity index (χ1n) is 5.27. The molecule has 0 N–H and O–H groups in total. The van der Waals surface area contributed by atoms with E-state index in [2.05, 4.69) is 25.2 Å². The van der Waals surface area contributed by atoms with Crippen LogP contribution < -0.4 is 24.8 Å². The molecule has 91 valence electrons. The summed E-state index contributed by atoms with van der Waals surface area (Å²) in [5, 5.41) is 0. The molecule has 1 aliphatic carbocycles. The first kappa shape index (κ1) is 22.0. The molecule has 0 aliphatic heterocycles. The summed E-state index contributed by atoms with van der Waals surface area (Å²) in [7, 11) is 0. The molecule has 0 aromatic rings. The Hall–Kier alpha value is 0.734. The van der Waals surface area contributed by atoms with E-state index in [-0.39, 0.29) is 46.5 Å². The Morgan fingerprint density at radius 3 is 2.50 bits per heavy atom. The summed E-state index contributed by atoms with van der Waals surface area (Å²) in [6, 6.07) is 0. The molecule has 4 heteroatoms. The zero-order valence-corrected chi connectivity index (χ0v) is 12.8. The van der Waals surface area contributed by atoms with Crippen molar-refractivity contribution in [2.24, 2.45) is 0 Å². The van der Waals surface area contributed by atoms with E-state index in [1.165, 1.54) is 18.4 Å². The van der Waals surface area contributed by atoms with Gasteiger partial charge in [-0.15, -0.1) is 6.42 Å². The molecule has 0 bridgehead atoms. The number of hydrogen-bond donors (Lipinski definition) is 0. The van der Waals surface area contributed by atoms with Crippen LogP contribution in [0.25, 0.3) is 0 Å². The fourth-order valence-corrected chi connectivity index (χ4v) is 1.33. The topological polar surface area (TPSA) is 9.23 Å². The van der Waals surface area contributed by atoms with Gasteiger partial charge in [0, 0.05) is 13.2 Å². The number of halogens is 2. The Morgan fingerprint density at radius 2 is 1.94 bits per heavy atom. The minimum atomic E-state index is 0. The molecule has 0 unspecified atom stereocenters. The van der Waals surface area contributed by atoms with Crippen LogP contribution in [0.1, 0.15) is 39.0 Å². The van der Waals surface area contributed by atoms with E-state index in [0.29, 0.717) is 0 Å². The van der Waals surface area contributed by atoms with Gasteiger partial charge in [-0.05, 0) is 12.8 Å². The summed E-state index contributed by atoms with van der Waals surface area (Å²) in [5.41, 5.74) is 1.36. The van der Waals surface area contributed by atoms with Gasteiger partial charge in [-0.3, -0.25) is 6.08 Å². The molecule has 0 atom stereocenters. The average molecular weight is 298 g/mol. The van der Waals surface area contributed by atoms with Crippen LogP contribution in [0.5, 0.6) is 0 Å². The van der Waals surface area contributed by atoms with Crippen LogP contribution in [0, 0.1) is 6.08 Å². The van der Waals surface area contributed by atoms with Crippen LogP contribution in [0.2, 0.25) is 0 Å². The Bertz CT molecular complexity index is 193. The zero-order chi connectivity index (χ0) is 9.36. The normalized spacial score (nSPS) is 12.2. The molecule has 0 saturated carbocycles. The second-order valence-electron chi connectivity index (χ2n) is 3.38. The Kier molecular flexibility index (Phi) is 21.6. The van der Waals surface area contributed by atoms with Crippen molar-refractivity contribution in [3.8, 4) is 0 Å². The van der Waals surface area contributed by atoms with Crippen molar-refractivity contribution < 1.29 is 51.3 Å². The second kappa shape index (κ2) is 15.7. The summed E-state index contributed by atoms with van der Waals surface area (Å²) in [6.45, 7) is 4.01. The Labute approximate surface area is 127 Å². The number of rotatable bonds is 7. The number of ether oxygens (including phenoxy) is 1. The van der Waals surface area contributed by atoms with Gasteiger partial charge in [0.2, 0.25) is 0 Å². The molecule has 1 rings (SSSR count). The third-order valence-electron chi connectivity index (χ3n) is 2.14. The maximum Gasteiger partial charge on any atom is 3.00 e. The third kappa shape index (κ3) is 11.2. The largest absolute Gasteiger partial charge is 3.00 e. The predicted octanol–water partition coefficient (Wildman–Crippen LogP) is -2.72. The Morgan fingerprint density at radius 1 is 1.25 bits per heavy atom. The minimum Gasteiger partial charge on any atom is -1.00 e. The standard InChI is InChI=1S/C12H19O.2ClH.Ti/c1-2-3-10-13-11-6-9-12-7-4-5-8-12;;;/h4,7H,2-3,5-6,9-11H2,1H3;2*1H;/q-1;;;+3/p-2. The smallest absolute Gasteiger partial charge is 1.00 e. The van der Waals surface area contributed by atoms with Crippen molar-refractivity contribution in [2.45, 2.75) is 39.0 Å². The second-order valence-corrected chi connectivity index (χ2v) is 3.38. The van der Waals surface area contributed by atoms with E-state index in [4.69, 9.17) is 4.74 Å². The van der Waals surface area contributed by atoms with Gasteiger partial charge in [0.1, 0.15) is 0 Å². The number of unbranched alkanes of at least 4 members (excludes halogenated alkanes) is 1. The average Bonchev–Trinajstić information content (AvgIpc) is 2.63. The van der Waals surface area contributed by atoms with Gasteiger partial charge in [0.25, 0.3) is 0 Å². The van der Waals surface area contributed by atoms with Crippen molar-refractivity contribution >= 4 is 0 Å². The van der Waals surface area contributed by atoms with Gasteiger partial charge in [0.15, 0.2) is 0 Å². The molecule has 0 heterocycles.